The summed E-state index contributed by atoms with van der Waals surface area (Å²) in [6.45, 7) is 0. The van der Waals surface area contributed by atoms with Crippen molar-refractivity contribution in [2.45, 2.75) is 0 Å². The smallest absolute Gasteiger partial charge is 0.0638 e. The van der Waals surface area contributed by atoms with Crippen molar-refractivity contribution in [3.63, 3.8) is 0 Å². The number of rotatable bonds is 3. The lowest BCUT2D eigenvalue weighted by molar-refractivity contribution is 1.59. The molecule has 200 valence electrons. The third-order valence-electron chi connectivity index (χ3n) is 8.33. The molecule has 0 bridgehead atoms. The quantitative estimate of drug-likeness (QED) is 0.186. The highest BCUT2D eigenvalue weighted by molar-refractivity contribution is 7.25. The fourth-order valence-electron chi connectivity index (χ4n) is 6.24. The molecule has 0 spiro atoms. The van der Waals surface area contributed by atoms with Gasteiger partial charge in [-0.25, -0.2) is 0 Å². The fourth-order valence-corrected chi connectivity index (χ4v) is 7.16. The van der Waals surface area contributed by atoms with Crippen LogP contribution in [-0.4, -0.2) is 0 Å². The van der Waals surface area contributed by atoms with Gasteiger partial charge in [0.2, 0.25) is 0 Å². The molecule has 0 saturated heterocycles. The summed E-state index contributed by atoms with van der Waals surface area (Å²) in [5.74, 6) is 0. The van der Waals surface area contributed by atoms with Gasteiger partial charge in [-0.1, -0.05) is 127 Å². The topological polar surface area (TPSA) is 0 Å². The van der Waals surface area contributed by atoms with Gasteiger partial charge in [0.25, 0.3) is 0 Å². The van der Waals surface area contributed by atoms with Gasteiger partial charge in [-0.15, -0.1) is 11.3 Å². The molecule has 0 atom stereocenters. The number of hydrogen-bond donors (Lipinski definition) is 0. The molecule has 0 aliphatic carbocycles. The molecule has 0 N–H and O–H groups in total. The van der Waals surface area contributed by atoms with Crippen molar-refractivity contribution < 1.29 is 9.60 Å². The zero-order valence-corrected chi connectivity index (χ0v) is 23.7. The molecule has 9 aromatic rings. The number of benzene rings is 8. The Kier molecular flexibility index (Phi) is 4.12. The van der Waals surface area contributed by atoms with Crippen molar-refractivity contribution in [2.75, 3.05) is 0 Å². The van der Waals surface area contributed by atoms with Crippen molar-refractivity contribution in [1.29, 1.82) is 0 Å². The van der Waals surface area contributed by atoms with E-state index in [0.717, 1.165) is 33.6 Å². The van der Waals surface area contributed by atoms with Gasteiger partial charge in [-0.3, -0.25) is 0 Å². The maximum Gasteiger partial charge on any atom is 0.0638 e. The molecule has 0 nitrogen and oxygen atoms in total. The zero-order valence-electron chi connectivity index (χ0n) is 29.9. The lowest BCUT2D eigenvalue weighted by atomic mass is 9.91. The molecule has 8 aromatic carbocycles. The highest BCUT2D eigenvalue weighted by Gasteiger charge is 2.11. The molecule has 0 aliphatic heterocycles. The minimum absolute atomic E-state index is 0.0105. The van der Waals surface area contributed by atoms with Crippen molar-refractivity contribution in [3.8, 4) is 33.4 Å². The summed E-state index contributed by atoms with van der Waals surface area (Å²) >= 11 is 1.05. The average Bonchev–Trinajstić information content (AvgIpc) is 3.57. The standard InChI is InChI=1S/C42H26S/c1-2-12-35-33(10-1)34-11-3-4-13-36(34)39-25-32(20-22-37(35)39)30-9-7-8-29(24-30)27-16-18-28(19-17-27)31-21-23-42-40(26-31)38-14-5-6-15-41(38)43-42/h1-26H/i5D,6D,14D,15D,21D,23D,26D. The summed E-state index contributed by atoms with van der Waals surface area (Å²) in [5.41, 5.74) is 5.06. The monoisotopic (exact) mass is 569 g/mol. The Morgan fingerprint density at radius 1 is 0.349 bits per heavy atom. The van der Waals surface area contributed by atoms with Crippen LogP contribution in [0.4, 0.5) is 0 Å². The van der Waals surface area contributed by atoms with Gasteiger partial charge in [0.1, 0.15) is 0 Å². The van der Waals surface area contributed by atoms with Gasteiger partial charge in [0.05, 0.1) is 9.60 Å². The van der Waals surface area contributed by atoms with Crippen LogP contribution in [0.15, 0.2) is 158 Å². The second-order valence-corrected chi connectivity index (χ2v) is 11.8. The number of fused-ring (bicyclic) bond motifs is 9. The van der Waals surface area contributed by atoms with E-state index in [1.807, 2.05) is 24.3 Å². The van der Waals surface area contributed by atoms with Gasteiger partial charge >= 0.3 is 0 Å². The predicted molar refractivity (Wildman–Crippen MR) is 188 cm³/mol. The van der Waals surface area contributed by atoms with Crippen LogP contribution in [0.2, 0.25) is 0 Å². The van der Waals surface area contributed by atoms with Crippen LogP contribution in [0.1, 0.15) is 9.60 Å². The van der Waals surface area contributed by atoms with Crippen molar-refractivity contribution in [2.24, 2.45) is 0 Å². The van der Waals surface area contributed by atoms with Crippen LogP contribution in [-0.2, 0) is 0 Å². The lowest BCUT2D eigenvalue weighted by Crippen LogP contribution is -1.86. The van der Waals surface area contributed by atoms with Crippen LogP contribution in [0.5, 0.6) is 0 Å². The van der Waals surface area contributed by atoms with E-state index in [1.54, 1.807) is 0 Å². The van der Waals surface area contributed by atoms with Gasteiger partial charge in [-0.05, 0) is 96.0 Å². The van der Waals surface area contributed by atoms with Crippen molar-refractivity contribution >= 4 is 63.8 Å². The molecule has 1 aromatic heterocycles. The SMILES string of the molecule is [2H]c1c([2H])c([2H])c2c(sc3c([2H])c([2H])c(-c4ccc(-c5cccc(-c6ccc7c8ccccc8c8ccccc8c7c6)c5)cc4)c([2H])c32)c1[2H]. The van der Waals surface area contributed by atoms with E-state index in [9.17, 15) is 0 Å². The number of thiophene rings is 1. The first-order chi connectivity index (χ1) is 24.2. The normalized spacial score (nSPS) is 14.0. The first-order valence-electron chi connectivity index (χ1n) is 17.7. The summed E-state index contributed by atoms with van der Waals surface area (Å²) in [7, 11) is 0. The van der Waals surface area contributed by atoms with E-state index >= 15 is 0 Å². The van der Waals surface area contributed by atoms with Crippen molar-refractivity contribution in [3.05, 3.63) is 158 Å². The summed E-state index contributed by atoms with van der Waals surface area (Å²) < 4.78 is 60.7. The van der Waals surface area contributed by atoms with Crippen LogP contribution in [0.3, 0.4) is 0 Å². The second-order valence-electron chi connectivity index (χ2n) is 10.8. The molecule has 43 heavy (non-hydrogen) atoms. The largest absolute Gasteiger partial charge is 0.135 e. The van der Waals surface area contributed by atoms with Crippen LogP contribution in [0, 0.1) is 0 Å². The molecular weight excluding hydrogens is 537 g/mol. The molecule has 0 fully saturated rings. The number of hydrogen-bond acceptors (Lipinski definition) is 1. The summed E-state index contributed by atoms with van der Waals surface area (Å²) in [5, 5.41) is 7.91. The van der Waals surface area contributed by atoms with Crippen molar-refractivity contribution in [1.82, 2.24) is 0 Å². The lowest BCUT2D eigenvalue weighted by Gasteiger charge is -2.12. The summed E-state index contributed by atoms with van der Waals surface area (Å²) in [6.07, 6.45) is 0. The highest BCUT2D eigenvalue weighted by atomic mass is 32.1. The van der Waals surface area contributed by atoms with E-state index in [1.165, 1.54) is 32.3 Å². The van der Waals surface area contributed by atoms with E-state index in [-0.39, 0.29) is 53.2 Å². The Labute approximate surface area is 263 Å². The minimum atomic E-state index is -0.373. The molecule has 0 unspecified atom stereocenters. The Bertz CT molecular complexity index is 2860. The van der Waals surface area contributed by atoms with E-state index in [2.05, 4.69) is 91.0 Å². The predicted octanol–water partition coefficient (Wildman–Crippen LogP) is 12.5. The first kappa shape index (κ1) is 18.3. The zero-order chi connectivity index (χ0) is 34.4. The molecule has 0 saturated carbocycles. The first-order valence-corrected chi connectivity index (χ1v) is 15.0. The van der Waals surface area contributed by atoms with Gasteiger partial charge in [-0.2, -0.15) is 0 Å². The van der Waals surface area contributed by atoms with Gasteiger partial charge in [0, 0.05) is 20.2 Å². The molecule has 0 radical (unpaired) electrons. The van der Waals surface area contributed by atoms with Crippen LogP contribution < -0.4 is 0 Å². The molecule has 1 heteroatoms. The maximum atomic E-state index is 9.15. The van der Waals surface area contributed by atoms with E-state index in [0.29, 0.717) is 20.3 Å². The minimum Gasteiger partial charge on any atom is -0.135 e. The highest BCUT2D eigenvalue weighted by Crippen LogP contribution is 2.39. The maximum absolute atomic E-state index is 9.15. The average molecular weight is 570 g/mol. The molecular formula is C42H26S. The molecule has 0 aliphatic rings. The Balaban J connectivity index is 1.14. The second kappa shape index (κ2) is 9.66. The third kappa shape index (κ3) is 3.97. The summed E-state index contributed by atoms with van der Waals surface area (Å²) in [6, 6.07) is 38.5. The Morgan fingerprint density at radius 2 is 0.884 bits per heavy atom. The molecule has 1 heterocycles. The Morgan fingerprint density at radius 3 is 1.60 bits per heavy atom. The van der Waals surface area contributed by atoms with E-state index in [4.69, 9.17) is 9.60 Å². The summed E-state index contributed by atoms with van der Waals surface area (Å²) in [4.78, 5) is 0. The van der Waals surface area contributed by atoms with Gasteiger partial charge in [0.15, 0.2) is 0 Å². The van der Waals surface area contributed by atoms with E-state index < -0.39 is 0 Å². The van der Waals surface area contributed by atoms with Crippen LogP contribution in [0.25, 0.3) is 85.9 Å². The van der Waals surface area contributed by atoms with Gasteiger partial charge < -0.3 is 0 Å². The van der Waals surface area contributed by atoms with Crippen LogP contribution >= 0.6 is 11.3 Å². The fraction of sp³-hybridized carbons (Fsp3) is 0. The third-order valence-corrected chi connectivity index (χ3v) is 9.35. The molecule has 9 rings (SSSR count). The molecule has 0 amide bonds. The Hall–Kier alpha value is -5.24.